The zero-order valence-corrected chi connectivity index (χ0v) is 16.9. The van der Waals surface area contributed by atoms with E-state index in [2.05, 4.69) is 81.5 Å². The summed E-state index contributed by atoms with van der Waals surface area (Å²) in [5, 5.41) is 9.41. The van der Waals surface area contributed by atoms with E-state index in [4.69, 9.17) is 0 Å². The second kappa shape index (κ2) is 11.4. The molecule has 0 aliphatic rings. The fraction of sp³-hybridized carbons (Fsp3) is 0.308. The average Bonchev–Trinajstić information content (AvgIpc) is 2.68. The molecule has 1 nitrogen and oxygen atoms in total. The highest BCUT2D eigenvalue weighted by atomic mass is 16.2. The molecular weight excluding hydrogens is 328 g/mol. The van der Waals surface area contributed by atoms with Gasteiger partial charge in [0.1, 0.15) is 0 Å². The summed E-state index contributed by atoms with van der Waals surface area (Å²) in [4.78, 5) is 0. The Bertz CT molecular complexity index is 773. The summed E-state index contributed by atoms with van der Waals surface area (Å²) in [6, 6.07) is 19.1. The molecule has 0 aliphatic heterocycles. The van der Waals surface area contributed by atoms with Crippen LogP contribution in [0.5, 0.6) is 0 Å². The Balaban J connectivity index is 1.99. The van der Waals surface area contributed by atoms with Crippen molar-refractivity contribution in [1.82, 2.24) is 0 Å². The summed E-state index contributed by atoms with van der Waals surface area (Å²) in [5.41, 5.74) is 7.68. The molecule has 0 spiro atoms. The van der Waals surface area contributed by atoms with Crippen molar-refractivity contribution in [2.75, 3.05) is 6.61 Å². The summed E-state index contributed by atoms with van der Waals surface area (Å²) >= 11 is 0. The molecule has 2 rings (SSSR count). The van der Waals surface area contributed by atoms with Crippen molar-refractivity contribution >= 4 is 5.57 Å². The smallest absolute Gasteiger partial charge is 0.0618 e. The zero-order chi connectivity index (χ0) is 19.5. The Morgan fingerprint density at radius 1 is 0.741 bits per heavy atom. The first-order valence-electron chi connectivity index (χ1n) is 9.85. The monoisotopic (exact) mass is 360 g/mol. The number of hydrogen-bond donors (Lipinski definition) is 1. The lowest BCUT2D eigenvalue weighted by molar-refractivity contribution is 0.343. The summed E-state index contributed by atoms with van der Waals surface area (Å²) < 4.78 is 0. The van der Waals surface area contributed by atoms with Crippen LogP contribution in [0.15, 0.2) is 84.0 Å². The molecule has 0 aliphatic carbocycles. The quantitative estimate of drug-likeness (QED) is 0.469. The first-order valence-corrected chi connectivity index (χ1v) is 9.85. The molecule has 0 bridgehead atoms. The standard InChI is InChI=1S/C26H32O/c1-21(2)9-7-10-22(3)11-8-14-24(19-20-27)26-17-15-25(16-18-26)23-12-5-4-6-13-23/h4-6,9,11-13,15-19,27H,7-8,10,14,20H2,1-3H3/b22-11-,24-19+. The van der Waals surface area contributed by atoms with E-state index < -0.39 is 0 Å². The second-order valence-electron chi connectivity index (χ2n) is 7.26. The third-order valence-electron chi connectivity index (χ3n) is 4.70. The fourth-order valence-corrected chi connectivity index (χ4v) is 3.15. The topological polar surface area (TPSA) is 20.2 Å². The average molecular weight is 361 g/mol. The van der Waals surface area contributed by atoms with E-state index in [-0.39, 0.29) is 6.61 Å². The molecule has 0 heterocycles. The summed E-state index contributed by atoms with van der Waals surface area (Å²) in [6.45, 7) is 6.59. The predicted octanol–water partition coefficient (Wildman–Crippen LogP) is 7.20. The molecule has 1 N–H and O–H groups in total. The molecule has 0 unspecified atom stereocenters. The molecule has 2 aromatic rings. The van der Waals surface area contributed by atoms with E-state index in [0.717, 1.165) is 25.7 Å². The lowest BCUT2D eigenvalue weighted by atomic mass is 9.97. The highest BCUT2D eigenvalue weighted by Gasteiger charge is 2.03. The van der Waals surface area contributed by atoms with Gasteiger partial charge in [0.2, 0.25) is 0 Å². The first-order chi connectivity index (χ1) is 13.1. The number of benzene rings is 2. The molecule has 0 amide bonds. The SMILES string of the molecule is CC(C)=CCC/C(C)=C\CC/C(=C\CO)c1ccc(-c2ccccc2)cc1. The maximum absolute atomic E-state index is 9.41. The van der Waals surface area contributed by atoms with Gasteiger partial charge in [0.15, 0.2) is 0 Å². The van der Waals surface area contributed by atoms with Crippen molar-refractivity contribution in [2.45, 2.75) is 46.5 Å². The van der Waals surface area contributed by atoms with Gasteiger partial charge >= 0.3 is 0 Å². The molecule has 142 valence electrons. The van der Waals surface area contributed by atoms with Crippen LogP contribution >= 0.6 is 0 Å². The Kier molecular flexibility index (Phi) is 8.80. The van der Waals surface area contributed by atoms with Crippen LogP contribution in [0.2, 0.25) is 0 Å². The minimum absolute atomic E-state index is 0.0824. The maximum Gasteiger partial charge on any atom is 0.0618 e. The third kappa shape index (κ3) is 7.40. The molecular formula is C26H32O. The number of aliphatic hydroxyl groups excluding tert-OH is 1. The van der Waals surface area contributed by atoms with Gasteiger partial charge in [0.05, 0.1) is 6.61 Å². The van der Waals surface area contributed by atoms with E-state index in [9.17, 15) is 5.11 Å². The van der Waals surface area contributed by atoms with Crippen LogP contribution in [0.25, 0.3) is 16.7 Å². The van der Waals surface area contributed by atoms with Crippen LogP contribution in [0.3, 0.4) is 0 Å². The van der Waals surface area contributed by atoms with Crippen LogP contribution in [0.1, 0.15) is 52.0 Å². The first kappa shape index (κ1) is 20.9. The van der Waals surface area contributed by atoms with Gasteiger partial charge in [-0.25, -0.2) is 0 Å². The number of aliphatic hydroxyl groups is 1. The molecule has 0 aromatic heterocycles. The van der Waals surface area contributed by atoms with Crippen molar-refractivity contribution < 1.29 is 5.11 Å². The highest BCUT2D eigenvalue weighted by Crippen LogP contribution is 2.25. The molecule has 2 aromatic carbocycles. The van der Waals surface area contributed by atoms with Gasteiger partial charge in [-0.05, 0) is 68.7 Å². The van der Waals surface area contributed by atoms with E-state index in [0.29, 0.717) is 0 Å². The van der Waals surface area contributed by atoms with Crippen LogP contribution in [-0.2, 0) is 0 Å². The lowest BCUT2D eigenvalue weighted by Crippen LogP contribution is -1.89. The Hall–Kier alpha value is -2.38. The van der Waals surface area contributed by atoms with E-state index in [1.165, 1.54) is 33.4 Å². The van der Waals surface area contributed by atoms with Gasteiger partial charge in [0.25, 0.3) is 0 Å². The Morgan fingerprint density at radius 2 is 1.37 bits per heavy atom. The van der Waals surface area contributed by atoms with Gasteiger partial charge in [-0.2, -0.15) is 0 Å². The largest absolute Gasteiger partial charge is 0.392 e. The molecule has 27 heavy (non-hydrogen) atoms. The molecule has 0 atom stereocenters. The minimum Gasteiger partial charge on any atom is -0.392 e. The van der Waals surface area contributed by atoms with Crippen molar-refractivity contribution in [1.29, 1.82) is 0 Å². The van der Waals surface area contributed by atoms with E-state index in [1.807, 2.05) is 12.1 Å². The van der Waals surface area contributed by atoms with Crippen LogP contribution < -0.4 is 0 Å². The zero-order valence-electron chi connectivity index (χ0n) is 16.9. The van der Waals surface area contributed by atoms with Crippen molar-refractivity contribution in [3.05, 3.63) is 89.5 Å². The van der Waals surface area contributed by atoms with Gasteiger partial charge in [-0.1, -0.05) is 84.0 Å². The van der Waals surface area contributed by atoms with Crippen molar-refractivity contribution in [3.63, 3.8) is 0 Å². The van der Waals surface area contributed by atoms with E-state index in [1.54, 1.807) is 0 Å². The number of rotatable bonds is 9. The van der Waals surface area contributed by atoms with Gasteiger partial charge in [-0.15, -0.1) is 0 Å². The summed E-state index contributed by atoms with van der Waals surface area (Å²) in [5.74, 6) is 0. The molecule has 0 radical (unpaired) electrons. The van der Waals surface area contributed by atoms with Crippen LogP contribution in [-0.4, -0.2) is 11.7 Å². The summed E-state index contributed by atoms with van der Waals surface area (Å²) in [7, 11) is 0. The fourth-order valence-electron chi connectivity index (χ4n) is 3.15. The molecule has 0 fully saturated rings. The van der Waals surface area contributed by atoms with Crippen molar-refractivity contribution in [3.8, 4) is 11.1 Å². The van der Waals surface area contributed by atoms with Crippen LogP contribution in [0.4, 0.5) is 0 Å². The summed E-state index contributed by atoms with van der Waals surface area (Å²) in [6.07, 6.45) is 10.8. The predicted molar refractivity (Wildman–Crippen MR) is 119 cm³/mol. The van der Waals surface area contributed by atoms with Gasteiger partial charge in [0, 0.05) is 0 Å². The Labute approximate surface area is 164 Å². The van der Waals surface area contributed by atoms with Gasteiger partial charge < -0.3 is 5.11 Å². The number of hydrogen-bond acceptors (Lipinski definition) is 1. The van der Waals surface area contributed by atoms with Crippen LogP contribution in [0, 0.1) is 0 Å². The normalized spacial score (nSPS) is 12.1. The van der Waals surface area contributed by atoms with Gasteiger partial charge in [-0.3, -0.25) is 0 Å². The maximum atomic E-state index is 9.41. The van der Waals surface area contributed by atoms with E-state index >= 15 is 0 Å². The Morgan fingerprint density at radius 3 is 2.00 bits per heavy atom. The molecule has 1 heteroatoms. The van der Waals surface area contributed by atoms with Crippen molar-refractivity contribution in [2.24, 2.45) is 0 Å². The molecule has 0 saturated heterocycles. The molecule has 0 saturated carbocycles. The number of allylic oxidation sites excluding steroid dienone is 5. The minimum atomic E-state index is 0.0824. The lowest BCUT2D eigenvalue weighted by Gasteiger charge is -2.09. The third-order valence-corrected chi connectivity index (χ3v) is 4.70. The second-order valence-corrected chi connectivity index (χ2v) is 7.26. The highest BCUT2D eigenvalue weighted by molar-refractivity contribution is 5.70.